The van der Waals surface area contributed by atoms with Gasteiger partial charge in [0.2, 0.25) is 5.88 Å². The third kappa shape index (κ3) is 4.73. The second-order valence-corrected chi connectivity index (χ2v) is 7.63. The van der Waals surface area contributed by atoms with Crippen LogP contribution in [0, 0.1) is 6.92 Å². The third-order valence-electron chi connectivity index (χ3n) is 5.29. The van der Waals surface area contributed by atoms with E-state index in [2.05, 4.69) is 15.2 Å². The van der Waals surface area contributed by atoms with Crippen LogP contribution in [0.2, 0.25) is 0 Å². The van der Waals surface area contributed by atoms with E-state index < -0.39 is 0 Å². The number of carbonyl (C=O) groups excluding carboxylic acids is 1. The van der Waals surface area contributed by atoms with Crippen LogP contribution in [-0.2, 0) is 16.0 Å². The summed E-state index contributed by atoms with van der Waals surface area (Å²) < 4.78 is 7.60. The van der Waals surface area contributed by atoms with Gasteiger partial charge < -0.3 is 9.84 Å². The number of carbonyl (C=O) groups is 1. The Kier molecular flexibility index (Phi) is 6.82. The molecule has 4 rings (SSSR count). The molecule has 0 radical (unpaired) electrons. The summed E-state index contributed by atoms with van der Waals surface area (Å²) in [6.07, 6.45) is 2.54. The molecule has 0 atom stereocenters. The summed E-state index contributed by atoms with van der Waals surface area (Å²) in [5.41, 5.74) is 1.88. The van der Waals surface area contributed by atoms with Gasteiger partial charge in [-0.2, -0.15) is 14.9 Å². The molecule has 0 saturated heterocycles. The summed E-state index contributed by atoms with van der Waals surface area (Å²) in [5, 5.41) is 20.3. The first-order chi connectivity index (χ1) is 16.5. The monoisotopic (exact) mass is 459 g/mol. The maximum atomic E-state index is 13.0. The first-order valence-electron chi connectivity index (χ1n) is 11.0. The summed E-state index contributed by atoms with van der Waals surface area (Å²) in [4.78, 5) is 29.1. The van der Waals surface area contributed by atoms with E-state index in [0.717, 1.165) is 0 Å². The molecule has 2 aromatic heterocycles. The second-order valence-electron chi connectivity index (χ2n) is 7.63. The number of benzene rings is 2. The Morgan fingerprint density at radius 3 is 2.65 bits per heavy atom. The topological polar surface area (TPSA) is 112 Å². The molecule has 2 heterocycles. The molecule has 34 heavy (non-hydrogen) atoms. The number of rotatable bonds is 8. The number of para-hydroxylation sites is 2. The fourth-order valence-electron chi connectivity index (χ4n) is 3.65. The maximum Gasteiger partial charge on any atom is 0.305 e. The average molecular weight is 460 g/mol. The van der Waals surface area contributed by atoms with Crippen LogP contribution < -0.4 is 5.56 Å². The normalized spacial score (nSPS) is 11.4. The first kappa shape index (κ1) is 22.9. The van der Waals surface area contributed by atoms with Gasteiger partial charge in [0.05, 0.1) is 40.7 Å². The molecule has 0 bridgehead atoms. The largest absolute Gasteiger partial charge is 0.493 e. The molecule has 4 aromatic rings. The molecule has 174 valence electrons. The van der Waals surface area contributed by atoms with E-state index in [1.807, 2.05) is 36.4 Å². The molecule has 0 saturated carbocycles. The van der Waals surface area contributed by atoms with E-state index in [1.54, 1.807) is 32.0 Å². The summed E-state index contributed by atoms with van der Waals surface area (Å²) in [6.45, 7) is 3.78. The highest BCUT2D eigenvalue weighted by atomic mass is 16.5. The van der Waals surface area contributed by atoms with Gasteiger partial charge in [0.25, 0.3) is 5.56 Å². The Labute approximate surface area is 195 Å². The van der Waals surface area contributed by atoms with Crippen molar-refractivity contribution in [1.29, 1.82) is 0 Å². The van der Waals surface area contributed by atoms with E-state index in [4.69, 9.17) is 4.74 Å². The van der Waals surface area contributed by atoms with E-state index in [9.17, 15) is 14.7 Å². The third-order valence-corrected chi connectivity index (χ3v) is 5.29. The van der Waals surface area contributed by atoms with Gasteiger partial charge in [-0.15, -0.1) is 0 Å². The van der Waals surface area contributed by atoms with Crippen LogP contribution in [0.25, 0.3) is 16.6 Å². The zero-order chi connectivity index (χ0) is 24.1. The van der Waals surface area contributed by atoms with Gasteiger partial charge in [-0.25, -0.2) is 9.67 Å². The Morgan fingerprint density at radius 2 is 1.88 bits per heavy atom. The van der Waals surface area contributed by atoms with Crippen LogP contribution in [0.15, 0.2) is 64.5 Å². The number of aromatic nitrogens is 4. The first-order valence-corrected chi connectivity index (χ1v) is 11.0. The van der Waals surface area contributed by atoms with Crippen molar-refractivity contribution >= 4 is 23.1 Å². The van der Waals surface area contributed by atoms with Crippen molar-refractivity contribution in [3.63, 3.8) is 0 Å². The maximum absolute atomic E-state index is 13.0. The zero-order valence-corrected chi connectivity index (χ0v) is 19.0. The van der Waals surface area contributed by atoms with Gasteiger partial charge in [0.15, 0.2) is 0 Å². The predicted octanol–water partition coefficient (Wildman–Crippen LogP) is 3.36. The minimum Gasteiger partial charge on any atom is -0.493 e. The number of esters is 1. The standard InChI is InChI=1S/C25H25N5O4/c1-3-34-23(31)15-9-14-22-20(25(33)30(28-22)18-10-5-4-6-11-18)16-26-29-17(2)27-21-13-8-7-12-19(21)24(29)32/h4-8,10-13,16,33H,3,9,14-15H2,1-2H3/b26-16+. The van der Waals surface area contributed by atoms with Crippen LogP contribution in [0.4, 0.5) is 0 Å². The highest BCUT2D eigenvalue weighted by Gasteiger charge is 2.18. The zero-order valence-electron chi connectivity index (χ0n) is 19.0. The highest BCUT2D eigenvalue weighted by Crippen LogP contribution is 2.25. The van der Waals surface area contributed by atoms with Crippen molar-refractivity contribution in [1.82, 2.24) is 19.4 Å². The SMILES string of the molecule is CCOC(=O)CCCc1nn(-c2ccccc2)c(O)c1/C=N/n1c(C)nc2ccccc2c1=O. The lowest BCUT2D eigenvalue weighted by Crippen LogP contribution is -2.20. The molecule has 9 nitrogen and oxygen atoms in total. The van der Waals surface area contributed by atoms with E-state index >= 15 is 0 Å². The number of ether oxygens (including phenoxy) is 1. The minimum absolute atomic E-state index is 0.111. The van der Waals surface area contributed by atoms with Crippen molar-refractivity contribution in [2.45, 2.75) is 33.1 Å². The molecule has 9 heteroatoms. The minimum atomic E-state index is -0.307. The van der Waals surface area contributed by atoms with Crippen molar-refractivity contribution in [3.8, 4) is 11.6 Å². The number of hydrogen-bond acceptors (Lipinski definition) is 7. The van der Waals surface area contributed by atoms with Gasteiger partial charge in [-0.1, -0.05) is 30.3 Å². The molecule has 0 spiro atoms. The fraction of sp³-hybridized carbons (Fsp3) is 0.240. The molecule has 0 aliphatic rings. The molecule has 0 amide bonds. The van der Waals surface area contributed by atoms with Gasteiger partial charge in [-0.05, 0) is 51.0 Å². The van der Waals surface area contributed by atoms with Crippen molar-refractivity contribution in [3.05, 3.63) is 82.0 Å². The Bertz CT molecular complexity index is 1410. The molecule has 1 N–H and O–H groups in total. The Hall–Kier alpha value is -4.27. The van der Waals surface area contributed by atoms with Crippen LogP contribution in [0.1, 0.15) is 36.8 Å². The summed E-state index contributed by atoms with van der Waals surface area (Å²) >= 11 is 0. The van der Waals surface area contributed by atoms with Crippen molar-refractivity contribution < 1.29 is 14.6 Å². The number of hydrogen-bond donors (Lipinski definition) is 1. The fourth-order valence-corrected chi connectivity index (χ4v) is 3.65. The lowest BCUT2D eigenvalue weighted by atomic mass is 10.1. The molecular formula is C25H25N5O4. The number of nitrogens with zero attached hydrogens (tertiary/aromatic N) is 5. The molecule has 0 unspecified atom stereocenters. The molecule has 0 fully saturated rings. The van der Waals surface area contributed by atoms with Crippen LogP contribution in [-0.4, -0.2) is 43.3 Å². The lowest BCUT2D eigenvalue weighted by Gasteiger charge is -2.05. The van der Waals surface area contributed by atoms with Crippen molar-refractivity contribution in [2.24, 2.45) is 5.10 Å². The molecular weight excluding hydrogens is 434 g/mol. The van der Waals surface area contributed by atoms with Crippen LogP contribution in [0.3, 0.4) is 0 Å². The van der Waals surface area contributed by atoms with E-state index in [1.165, 1.54) is 15.6 Å². The smallest absolute Gasteiger partial charge is 0.305 e. The second kappa shape index (κ2) is 10.1. The number of fused-ring (bicyclic) bond motifs is 1. The van der Waals surface area contributed by atoms with Crippen LogP contribution in [0.5, 0.6) is 5.88 Å². The van der Waals surface area contributed by atoms with Crippen LogP contribution >= 0.6 is 0 Å². The lowest BCUT2D eigenvalue weighted by molar-refractivity contribution is -0.143. The van der Waals surface area contributed by atoms with E-state index in [0.29, 0.717) is 53.1 Å². The van der Waals surface area contributed by atoms with Gasteiger partial charge >= 0.3 is 5.97 Å². The van der Waals surface area contributed by atoms with E-state index in [-0.39, 0.29) is 23.8 Å². The predicted molar refractivity (Wildman–Crippen MR) is 129 cm³/mol. The number of aryl methyl sites for hydroxylation is 2. The highest BCUT2D eigenvalue weighted by molar-refractivity contribution is 5.85. The molecule has 0 aliphatic carbocycles. The molecule has 2 aromatic carbocycles. The Balaban J connectivity index is 1.72. The Morgan fingerprint density at radius 1 is 1.15 bits per heavy atom. The van der Waals surface area contributed by atoms with Gasteiger partial charge in [0, 0.05) is 6.42 Å². The quantitative estimate of drug-likeness (QED) is 0.319. The van der Waals surface area contributed by atoms with Crippen molar-refractivity contribution in [2.75, 3.05) is 6.61 Å². The average Bonchev–Trinajstić information content (AvgIpc) is 3.15. The number of aromatic hydroxyl groups is 1. The van der Waals surface area contributed by atoms with Gasteiger partial charge in [-0.3, -0.25) is 9.59 Å². The molecule has 0 aliphatic heterocycles. The summed E-state index contributed by atoms with van der Waals surface area (Å²) in [7, 11) is 0. The summed E-state index contributed by atoms with van der Waals surface area (Å²) in [5.74, 6) is 0.0214. The van der Waals surface area contributed by atoms with Gasteiger partial charge in [0.1, 0.15) is 5.82 Å². The summed E-state index contributed by atoms with van der Waals surface area (Å²) in [6, 6.07) is 16.2.